The summed E-state index contributed by atoms with van der Waals surface area (Å²) >= 11 is 1.73. The highest BCUT2D eigenvalue weighted by Crippen LogP contribution is 2.58. The van der Waals surface area contributed by atoms with Crippen molar-refractivity contribution in [2.24, 2.45) is 10.8 Å². The number of thioether (sulfide) groups is 1. The van der Waals surface area contributed by atoms with Gasteiger partial charge in [-0.15, -0.1) is 0 Å². The fourth-order valence-electron chi connectivity index (χ4n) is 7.05. The Bertz CT molecular complexity index is 2020. The molecule has 1 saturated heterocycles. The molecule has 0 radical (unpaired) electrons. The highest BCUT2D eigenvalue weighted by atomic mass is 32.2. The number of ether oxygens (including phenoxy) is 2. The molecule has 3 aliphatic rings. The Morgan fingerprint density at radius 1 is 0.981 bits per heavy atom. The van der Waals surface area contributed by atoms with Crippen LogP contribution in [-0.2, 0) is 9.47 Å². The van der Waals surface area contributed by atoms with Crippen LogP contribution in [0.2, 0.25) is 0 Å². The fraction of sp³-hybridized carbons (Fsp3) is 0.512. The second kappa shape index (κ2) is 13.5. The lowest BCUT2D eigenvalue weighted by Gasteiger charge is -2.27. The first-order chi connectivity index (χ1) is 24.5. The number of benzene rings is 2. The van der Waals surface area contributed by atoms with Crippen molar-refractivity contribution in [2.45, 2.75) is 115 Å². The smallest absolute Gasteiger partial charge is 0.410 e. The van der Waals surface area contributed by atoms with Gasteiger partial charge in [0.1, 0.15) is 17.0 Å². The maximum absolute atomic E-state index is 13.1. The number of carbonyl (C=O) groups is 2. The van der Waals surface area contributed by atoms with E-state index in [4.69, 9.17) is 19.4 Å². The number of imidazole rings is 2. The van der Waals surface area contributed by atoms with Gasteiger partial charge in [0, 0.05) is 29.5 Å². The van der Waals surface area contributed by atoms with Crippen molar-refractivity contribution in [1.29, 1.82) is 0 Å². The number of aromatic nitrogens is 4. The number of aromatic amines is 2. The second-order valence-corrected chi connectivity index (χ2v) is 18.5. The highest BCUT2D eigenvalue weighted by molar-refractivity contribution is 7.99. The predicted octanol–water partition coefficient (Wildman–Crippen LogP) is 8.99. The van der Waals surface area contributed by atoms with Gasteiger partial charge in [0.25, 0.3) is 0 Å². The Labute approximate surface area is 310 Å². The largest absolute Gasteiger partial charge is 0.444 e. The molecule has 2 saturated carbocycles. The number of likely N-dealkylation sites (tertiary alicyclic amines) is 1. The van der Waals surface area contributed by atoms with Crippen LogP contribution >= 0.6 is 11.8 Å². The van der Waals surface area contributed by atoms with Gasteiger partial charge in [-0.05, 0) is 127 Å². The molecule has 0 bridgehead atoms. The molecule has 274 valence electrons. The summed E-state index contributed by atoms with van der Waals surface area (Å²) in [4.78, 5) is 43.6. The van der Waals surface area contributed by atoms with Crippen molar-refractivity contribution in [2.75, 3.05) is 13.1 Å². The molecule has 1 spiro atoms. The van der Waals surface area contributed by atoms with Crippen molar-refractivity contribution in [3.63, 3.8) is 0 Å². The van der Waals surface area contributed by atoms with Crippen LogP contribution in [0.4, 0.5) is 9.59 Å². The van der Waals surface area contributed by atoms with Crippen molar-refractivity contribution in [3.8, 4) is 23.1 Å². The zero-order valence-electron chi connectivity index (χ0n) is 31.3. The quantitative estimate of drug-likeness (QED) is 0.122. The summed E-state index contributed by atoms with van der Waals surface area (Å²) in [6, 6.07) is 14.1. The summed E-state index contributed by atoms with van der Waals surface area (Å²) in [7, 11) is 0. The van der Waals surface area contributed by atoms with E-state index in [1.165, 1.54) is 0 Å². The molecule has 52 heavy (non-hydrogen) atoms. The average Bonchev–Trinajstić information content (AvgIpc) is 3.80. The van der Waals surface area contributed by atoms with Crippen LogP contribution in [-0.4, -0.2) is 66.6 Å². The van der Waals surface area contributed by atoms with E-state index in [1.54, 1.807) is 11.8 Å². The lowest BCUT2D eigenvalue weighted by Crippen LogP contribution is -2.37. The van der Waals surface area contributed by atoms with E-state index in [-0.39, 0.29) is 29.1 Å². The molecule has 11 heteroatoms. The van der Waals surface area contributed by atoms with Gasteiger partial charge in [-0.2, -0.15) is 0 Å². The number of nitrogens with one attached hydrogen (secondary N) is 3. The molecule has 2 atom stereocenters. The fourth-order valence-corrected chi connectivity index (χ4v) is 8.19. The predicted molar refractivity (Wildman–Crippen MR) is 204 cm³/mol. The van der Waals surface area contributed by atoms with Gasteiger partial charge >= 0.3 is 12.2 Å². The SMILES string of the molecule is CC(CC1(CNC(=O)OC(C)(C)C)CC1)Sc1nc2ccc(C#Cc3ccc(-c4cnc(C5CC6(CC6)CN5C(=O)OC(C)(C)C)[nH]4)cc3)cc2[nH]1. The van der Waals surface area contributed by atoms with Crippen LogP contribution in [0.3, 0.4) is 0 Å². The Kier molecular flexibility index (Phi) is 9.35. The number of hydrogen-bond donors (Lipinski definition) is 3. The summed E-state index contributed by atoms with van der Waals surface area (Å²) in [5.74, 6) is 7.41. The standard InChI is InChI=1S/C41H50N6O4S/c1-26(21-40(16-17-40)24-43-36(48)50-38(2,3)4)52-35-45-30-15-12-28(20-31(30)46-35)9-8-27-10-13-29(14-11-27)32-23-42-34(44-32)33-22-41(18-19-41)25-47(33)37(49)51-39(5,6)7/h10-15,20,23,26,33H,16-19,21-22,24-25H2,1-7H3,(H,42,44)(H,43,48)(H,45,46). The van der Waals surface area contributed by atoms with Crippen molar-refractivity contribution in [1.82, 2.24) is 30.2 Å². The number of amides is 2. The number of nitrogens with zero attached hydrogens (tertiary/aromatic N) is 3. The Morgan fingerprint density at radius 3 is 2.35 bits per heavy atom. The van der Waals surface area contributed by atoms with E-state index in [9.17, 15) is 9.59 Å². The summed E-state index contributed by atoms with van der Waals surface area (Å²) in [5.41, 5.74) is 4.92. The molecule has 2 amide bonds. The van der Waals surface area contributed by atoms with Gasteiger partial charge in [0.15, 0.2) is 5.16 Å². The Hall–Kier alpha value is -4.43. The molecule has 7 rings (SSSR count). The summed E-state index contributed by atoms with van der Waals surface area (Å²) < 4.78 is 11.2. The number of alkyl carbamates (subject to hydrolysis) is 1. The van der Waals surface area contributed by atoms with Crippen LogP contribution in [0, 0.1) is 22.7 Å². The van der Waals surface area contributed by atoms with Gasteiger partial charge in [-0.1, -0.05) is 42.7 Å². The zero-order valence-corrected chi connectivity index (χ0v) is 32.1. The molecule has 2 aromatic heterocycles. The maximum Gasteiger partial charge on any atom is 0.410 e. The number of hydrogen-bond acceptors (Lipinski definition) is 7. The molecule has 3 N–H and O–H groups in total. The molecular formula is C41H50N6O4S. The lowest BCUT2D eigenvalue weighted by atomic mass is 10.0. The first-order valence-corrected chi connectivity index (χ1v) is 19.2. The van der Waals surface area contributed by atoms with Crippen LogP contribution in [0.25, 0.3) is 22.3 Å². The van der Waals surface area contributed by atoms with Crippen LogP contribution in [0.5, 0.6) is 0 Å². The van der Waals surface area contributed by atoms with E-state index in [2.05, 4.69) is 34.0 Å². The van der Waals surface area contributed by atoms with Gasteiger partial charge < -0.3 is 24.8 Å². The summed E-state index contributed by atoms with van der Waals surface area (Å²) in [5, 5.41) is 4.20. The van der Waals surface area contributed by atoms with E-state index in [1.807, 2.05) is 95.1 Å². The first-order valence-electron chi connectivity index (χ1n) is 18.4. The van der Waals surface area contributed by atoms with E-state index in [0.717, 1.165) is 89.5 Å². The Morgan fingerprint density at radius 2 is 1.67 bits per heavy atom. The third kappa shape index (κ3) is 8.77. The van der Waals surface area contributed by atoms with Crippen molar-refractivity contribution < 1.29 is 19.1 Å². The minimum absolute atomic E-state index is 0.115. The highest BCUT2D eigenvalue weighted by Gasteiger charge is 2.55. The zero-order chi connectivity index (χ0) is 36.9. The van der Waals surface area contributed by atoms with Gasteiger partial charge in [-0.25, -0.2) is 19.6 Å². The average molecular weight is 723 g/mol. The third-order valence-electron chi connectivity index (χ3n) is 10.0. The first kappa shape index (κ1) is 36.0. The van der Waals surface area contributed by atoms with Crippen LogP contribution in [0.15, 0.2) is 53.8 Å². The maximum atomic E-state index is 13.1. The molecule has 4 aromatic rings. The third-order valence-corrected chi connectivity index (χ3v) is 11.0. The normalized spacial score (nSPS) is 19.2. The van der Waals surface area contributed by atoms with E-state index in [0.29, 0.717) is 11.8 Å². The number of rotatable bonds is 8. The molecule has 1 aliphatic heterocycles. The van der Waals surface area contributed by atoms with E-state index >= 15 is 0 Å². The molecule has 10 nitrogen and oxygen atoms in total. The number of carbonyl (C=O) groups excluding carboxylic acids is 2. The topological polar surface area (TPSA) is 125 Å². The monoisotopic (exact) mass is 722 g/mol. The van der Waals surface area contributed by atoms with Crippen LogP contribution in [0.1, 0.15) is 110 Å². The van der Waals surface area contributed by atoms with E-state index < -0.39 is 11.2 Å². The van der Waals surface area contributed by atoms with Gasteiger partial charge in [-0.3, -0.25) is 4.90 Å². The minimum Gasteiger partial charge on any atom is -0.444 e. The molecule has 3 fully saturated rings. The molecule has 2 aromatic carbocycles. The van der Waals surface area contributed by atoms with Gasteiger partial charge in [0.2, 0.25) is 0 Å². The minimum atomic E-state index is -0.542. The lowest BCUT2D eigenvalue weighted by molar-refractivity contribution is 0.0212. The molecule has 2 unspecified atom stereocenters. The number of fused-ring (bicyclic) bond motifs is 1. The Balaban J connectivity index is 0.952. The second-order valence-electron chi connectivity index (χ2n) is 17.1. The molecule has 3 heterocycles. The van der Waals surface area contributed by atoms with Gasteiger partial charge in [0.05, 0.1) is 29.0 Å². The van der Waals surface area contributed by atoms with Crippen molar-refractivity contribution >= 4 is 35.0 Å². The summed E-state index contributed by atoms with van der Waals surface area (Å²) in [6.07, 6.45) is 7.65. The number of H-pyrrole nitrogens is 2. The van der Waals surface area contributed by atoms with Crippen molar-refractivity contribution in [3.05, 3.63) is 65.6 Å². The molecule has 2 aliphatic carbocycles. The van der Waals surface area contributed by atoms with Crippen LogP contribution < -0.4 is 5.32 Å². The summed E-state index contributed by atoms with van der Waals surface area (Å²) in [6.45, 7) is 14.9. The molecular weight excluding hydrogens is 673 g/mol.